The smallest absolute Gasteiger partial charge is 0.146 e. The van der Waals surface area contributed by atoms with Gasteiger partial charge in [-0.15, -0.1) is 0 Å². The molecule has 0 saturated heterocycles. The molecular weight excluding hydrogens is 260 g/mol. The van der Waals surface area contributed by atoms with E-state index in [0.29, 0.717) is 18.9 Å². The number of nitrogens with one attached hydrogen (secondary N) is 1. The highest BCUT2D eigenvalue weighted by Gasteiger charge is 2.06. The van der Waals surface area contributed by atoms with E-state index in [9.17, 15) is 8.78 Å². The van der Waals surface area contributed by atoms with E-state index < -0.39 is 11.6 Å². The maximum atomic E-state index is 13.5. The molecule has 0 unspecified atom stereocenters. The van der Waals surface area contributed by atoms with Gasteiger partial charge in [0.05, 0.1) is 5.69 Å². The Balaban J connectivity index is 2.10. The lowest BCUT2D eigenvalue weighted by Gasteiger charge is -2.12. The zero-order chi connectivity index (χ0) is 14.4. The van der Waals surface area contributed by atoms with Crippen molar-refractivity contribution in [1.82, 2.24) is 0 Å². The summed E-state index contributed by atoms with van der Waals surface area (Å²) in [6, 6.07) is 10.7. The van der Waals surface area contributed by atoms with Crippen LogP contribution in [-0.4, -0.2) is 6.61 Å². The summed E-state index contributed by atoms with van der Waals surface area (Å²) in [7, 11) is 0. The van der Waals surface area contributed by atoms with Crippen molar-refractivity contribution in [2.75, 3.05) is 11.9 Å². The summed E-state index contributed by atoms with van der Waals surface area (Å²) in [5.74, 6) is -0.280. The van der Waals surface area contributed by atoms with Crippen LogP contribution >= 0.6 is 0 Å². The molecule has 0 radical (unpaired) electrons. The third-order valence-electron chi connectivity index (χ3n) is 2.73. The molecule has 0 spiro atoms. The number of para-hydroxylation sites is 1. The molecular formula is C16H15F2NO. The highest BCUT2D eigenvalue weighted by molar-refractivity contribution is 5.46. The van der Waals surface area contributed by atoms with Crippen molar-refractivity contribution < 1.29 is 13.5 Å². The maximum absolute atomic E-state index is 13.5. The van der Waals surface area contributed by atoms with Crippen molar-refractivity contribution in [2.45, 2.75) is 6.54 Å². The Labute approximate surface area is 116 Å². The topological polar surface area (TPSA) is 21.3 Å². The number of halogens is 2. The summed E-state index contributed by atoms with van der Waals surface area (Å²) in [6.07, 6.45) is 1.65. The van der Waals surface area contributed by atoms with Gasteiger partial charge in [-0.25, -0.2) is 8.78 Å². The van der Waals surface area contributed by atoms with Gasteiger partial charge in [0.1, 0.15) is 24.0 Å². The highest BCUT2D eigenvalue weighted by Crippen LogP contribution is 2.21. The molecule has 2 rings (SSSR count). The van der Waals surface area contributed by atoms with Crippen LogP contribution in [0, 0.1) is 11.6 Å². The van der Waals surface area contributed by atoms with E-state index in [0.717, 1.165) is 23.8 Å². The number of anilines is 1. The summed E-state index contributed by atoms with van der Waals surface area (Å²) >= 11 is 0. The van der Waals surface area contributed by atoms with Crippen molar-refractivity contribution >= 4 is 5.69 Å². The predicted octanol–water partition coefficient (Wildman–Crippen LogP) is 4.14. The summed E-state index contributed by atoms with van der Waals surface area (Å²) < 4.78 is 32.1. The minimum Gasteiger partial charge on any atom is -0.489 e. The summed E-state index contributed by atoms with van der Waals surface area (Å²) in [5, 5.41) is 2.87. The molecule has 0 amide bonds. The first kappa shape index (κ1) is 14.1. The lowest BCUT2D eigenvalue weighted by atomic mass is 10.2. The minimum absolute atomic E-state index is 0.128. The molecule has 2 aromatic carbocycles. The minimum atomic E-state index is -0.490. The molecule has 0 aliphatic heterocycles. The normalized spacial score (nSPS) is 10.1. The summed E-state index contributed by atoms with van der Waals surface area (Å²) in [5.41, 5.74) is 0.988. The molecule has 0 aliphatic rings. The van der Waals surface area contributed by atoms with Crippen molar-refractivity contribution in [3.63, 3.8) is 0 Å². The lowest BCUT2D eigenvalue weighted by Crippen LogP contribution is -2.05. The Morgan fingerprint density at radius 1 is 1.15 bits per heavy atom. The zero-order valence-electron chi connectivity index (χ0n) is 10.9. The Morgan fingerprint density at radius 2 is 1.95 bits per heavy atom. The Bertz CT molecular complexity index is 599. The van der Waals surface area contributed by atoms with Crippen LogP contribution in [0.4, 0.5) is 14.5 Å². The standard InChI is InChI=1S/C16H15F2NO/c1-2-9-20-16-6-4-3-5-12(16)11-19-15-10-13(17)7-8-14(15)18/h2-8,10,19H,1,9,11H2. The van der Waals surface area contributed by atoms with Crippen molar-refractivity contribution in [3.05, 3.63) is 72.3 Å². The van der Waals surface area contributed by atoms with E-state index in [4.69, 9.17) is 4.74 Å². The monoisotopic (exact) mass is 275 g/mol. The molecule has 0 heterocycles. The van der Waals surface area contributed by atoms with Crippen LogP contribution in [0.1, 0.15) is 5.56 Å². The van der Waals surface area contributed by atoms with Crippen LogP contribution in [0.25, 0.3) is 0 Å². The average molecular weight is 275 g/mol. The van der Waals surface area contributed by atoms with Gasteiger partial charge in [0.15, 0.2) is 0 Å². The molecule has 2 nitrogen and oxygen atoms in total. The fraction of sp³-hybridized carbons (Fsp3) is 0.125. The van der Waals surface area contributed by atoms with Gasteiger partial charge in [0.2, 0.25) is 0 Å². The lowest BCUT2D eigenvalue weighted by molar-refractivity contribution is 0.359. The fourth-order valence-electron chi connectivity index (χ4n) is 1.76. The van der Waals surface area contributed by atoms with Crippen molar-refractivity contribution in [3.8, 4) is 5.75 Å². The van der Waals surface area contributed by atoms with Crippen molar-refractivity contribution in [1.29, 1.82) is 0 Å². The molecule has 0 saturated carbocycles. The molecule has 104 valence electrons. The van der Waals surface area contributed by atoms with Crippen LogP contribution in [0.5, 0.6) is 5.75 Å². The first-order valence-electron chi connectivity index (χ1n) is 6.21. The molecule has 0 atom stereocenters. The average Bonchev–Trinajstić information content (AvgIpc) is 2.47. The van der Waals surface area contributed by atoms with E-state index in [1.807, 2.05) is 24.3 Å². The maximum Gasteiger partial charge on any atom is 0.146 e. The first-order chi connectivity index (χ1) is 9.70. The van der Waals surface area contributed by atoms with E-state index in [2.05, 4.69) is 11.9 Å². The third-order valence-corrected chi connectivity index (χ3v) is 2.73. The summed E-state index contributed by atoms with van der Waals surface area (Å²) in [4.78, 5) is 0. The van der Waals surface area contributed by atoms with Crippen LogP contribution in [0.15, 0.2) is 55.1 Å². The van der Waals surface area contributed by atoms with E-state index in [1.165, 1.54) is 0 Å². The van der Waals surface area contributed by atoms with E-state index >= 15 is 0 Å². The molecule has 0 bridgehead atoms. The third kappa shape index (κ3) is 3.57. The van der Waals surface area contributed by atoms with Gasteiger partial charge in [-0.2, -0.15) is 0 Å². The van der Waals surface area contributed by atoms with Gasteiger partial charge in [0, 0.05) is 12.1 Å². The number of hydrogen-bond acceptors (Lipinski definition) is 2. The summed E-state index contributed by atoms with van der Waals surface area (Å²) in [6.45, 7) is 4.32. The molecule has 20 heavy (non-hydrogen) atoms. The molecule has 0 fully saturated rings. The molecule has 2 aromatic rings. The molecule has 4 heteroatoms. The van der Waals surface area contributed by atoms with Gasteiger partial charge in [0.25, 0.3) is 0 Å². The second-order valence-electron chi connectivity index (χ2n) is 4.19. The van der Waals surface area contributed by atoms with E-state index in [-0.39, 0.29) is 5.69 Å². The van der Waals surface area contributed by atoms with Crippen LogP contribution < -0.4 is 10.1 Å². The number of rotatable bonds is 6. The van der Waals surface area contributed by atoms with Crippen LogP contribution in [0.3, 0.4) is 0 Å². The van der Waals surface area contributed by atoms with Gasteiger partial charge < -0.3 is 10.1 Å². The number of ether oxygens (including phenoxy) is 1. The fourth-order valence-corrected chi connectivity index (χ4v) is 1.76. The first-order valence-corrected chi connectivity index (χ1v) is 6.21. The van der Waals surface area contributed by atoms with Gasteiger partial charge in [-0.1, -0.05) is 30.9 Å². The van der Waals surface area contributed by atoms with Crippen LogP contribution in [-0.2, 0) is 6.54 Å². The number of hydrogen-bond donors (Lipinski definition) is 1. The Kier molecular flexibility index (Phi) is 4.71. The quantitative estimate of drug-likeness (QED) is 0.800. The molecule has 0 aromatic heterocycles. The van der Waals surface area contributed by atoms with E-state index in [1.54, 1.807) is 6.08 Å². The van der Waals surface area contributed by atoms with Gasteiger partial charge in [-0.3, -0.25) is 0 Å². The highest BCUT2D eigenvalue weighted by atomic mass is 19.1. The second kappa shape index (κ2) is 6.70. The number of benzene rings is 2. The molecule has 0 aliphatic carbocycles. The predicted molar refractivity (Wildman–Crippen MR) is 75.8 cm³/mol. The SMILES string of the molecule is C=CCOc1ccccc1CNc1cc(F)ccc1F. The van der Waals surface area contributed by atoms with Crippen LogP contribution in [0.2, 0.25) is 0 Å². The Morgan fingerprint density at radius 3 is 2.75 bits per heavy atom. The molecule has 1 N–H and O–H groups in total. The van der Waals surface area contributed by atoms with Gasteiger partial charge >= 0.3 is 0 Å². The Hall–Kier alpha value is -2.36. The second-order valence-corrected chi connectivity index (χ2v) is 4.19. The zero-order valence-corrected chi connectivity index (χ0v) is 10.9. The van der Waals surface area contributed by atoms with Gasteiger partial charge in [-0.05, 0) is 24.3 Å². The van der Waals surface area contributed by atoms with Crippen molar-refractivity contribution in [2.24, 2.45) is 0 Å². The largest absolute Gasteiger partial charge is 0.489 e.